The van der Waals surface area contributed by atoms with Gasteiger partial charge in [0.05, 0.1) is 0 Å². The number of anilines is 1. The Bertz CT molecular complexity index is 522. The Morgan fingerprint density at radius 1 is 1.29 bits per heavy atom. The number of rotatable bonds is 3. The van der Waals surface area contributed by atoms with E-state index in [0.717, 1.165) is 31.6 Å². The summed E-state index contributed by atoms with van der Waals surface area (Å²) >= 11 is 0. The molecule has 0 aromatic heterocycles. The van der Waals surface area contributed by atoms with Gasteiger partial charge >= 0.3 is 6.03 Å². The SMILES string of the molecule is CN(C)C(=O)N1CCC(Nc2cccc(C(N)=O)c2)CC1. The number of benzene rings is 1. The number of amides is 3. The molecule has 6 heteroatoms. The lowest BCUT2D eigenvalue weighted by Crippen LogP contribution is -2.46. The number of primary amides is 1. The van der Waals surface area contributed by atoms with Crippen LogP contribution in [0, 0.1) is 0 Å². The minimum Gasteiger partial charge on any atom is -0.382 e. The monoisotopic (exact) mass is 290 g/mol. The van der Waals surface area contributed by atoms with Gasteiger partial charge in [0.25, 0.3) is 0 Å². The molecule has 0 aliphatic carbocycles. The van der Waals surface area contributed by atoms with Crippen LogP contribution in [0.25, 0.3) is 0 Å². The average Bonchev–Trinajstić information content (AvgIpc) is 2.47. The topological polar surface area (TPSA) is 78.7 Å². The molecule has 1 aromatic rings. The molecule has 1 fully saturated rings. The lowest BCUT2D eigenvalue weighted by molar-refractivity contribution is 0.1000. The largest absolute Gasteiger partial charge is 0.382 e. The van der Waals surface area contributed by atoms with E-state index in [1.807, 2.05) is 17.0 Å². The van der Waals surface area contributed by atoms with Gasteiger partial charge in [-0.1, -0.05) is 6.07 Å². The van der Waals surface area contributed by atoms with Gasteiger partial charge in [-0.15, -0.1) is 0 Å². The van der Waals surface area contributed by atoms with Crippen molar-refractivity contribution < 1.29 is 9.59 Å². The number of hydrogen-bond donors (Lipinski definition) is 2. The van der Waals surface area contributed by atoms with Crippen molar-refractivity contribution in [3.05, 3.63) is 29.8 Å². The molecule has 6 nitrogen and oxygen atoms in total. The van der Waals surface area contributed by atoms with E-state index in [-0.39, 0.29) is 6.03 Å². The highest BCUT2D eigenvalue weighted by Gasteiger charge is 2.23. The first-order chi connectivity index (χ1) is 9.97. The Balaban J connectivity index is 1.90. The molecular weight excluding hydrogens is 268 g/mol. The first-order valence-electron chi connectivity index (χ1n) is 7.10. The van der Waals surface area contributed by atoms with Crippen molar-refractivity contribution in [2.75, 3.05) is 32.5 Å². The van der Waals surface area contributed by atoms with Crippen LogP contribution in [0.15, 0.2) is 24.3 Å². The van der Waals surface area contributed by atoms with Crippen LogP contribution in [-0.2, 0) is 0 Å². The van der Waals surface area contributed by atoms with Crippen molar-refractivity contribution in [1.82, 2.24) is 9.80 Å². The van der Waals surface area contributed by atoms with Gasteiger partial charge in [0.2, 0.25) is 5.91 Å². The maximum atomic E-state index is 11.9. The van der Waals surface area contributed by atoms with Crippen LogP contribution in [0.5, 0.6) is 0 Å². The number of piperidine rings is 1. The molecule has 114 valence electrons. The Morgan fingerprint density at radius 2 is 1.95 bits per heavy atom. The van der Waals surface area contributed by atoms with Crippen LogP contribution in [0.3, 0.4) is 0 Å². The second kappa shape index (κ2) is 6.47. The van der Waals surface area contributed by atoms with E-state index >= 15 is 0 Å². The fourth-order valence-corrected chi connectivity index (χ4v) is 2.50. The summed E-state index contributed by atoms with van der Waals surface area (Å²) in [4.78, 5) is 26.5. The van der Waals surface area contributed by atoms with Crippen LogP contribution in [0.1, 0.15) is 23.2 Å². The molecule has 1 aromatic carbocycles. The van der Waals surface area contributed by atoms with Crippen LogP contribution >= 0.6 is 0 Å². The molecule has 21 heavy (non-hydrogen) atoms. The minimum atomic E-state index is -0.426. The smallest absolute Gasteiger partial charge is 0.319 e. The number of nitrogens with one attached hydrogen (secondary N) is 1. The standard InChI is InChI=1S/C15H22N4O2/c1-18(2)15(21)19-8-6-12(7-9-19)17-13-5-3-4-11(10-13)14(16)20/h3-5,10,12,17H,6-9H2,1-2H3,(H2,16,20). The van der Waals surface area contributed by atoms with E-state index in [1.54, 1.807) is 31.1 Å². The van der Waals surface area contributed by atoms with Gasteiger partial charge in [0.15, 0.2) is 0 Å². The van der Waals surface area contributed by atoms with Crippen molar-refractivity contribution in [2.45, 2.75) is 18.9 Å². The molecule has 0 saturated carbocycles. The van der Waals surface area contributed by atoms with Crippen molar-refractivity contribution >= 4 is 17.6 Å². The summed E-state index contributed by atoms with van der Waals surface area (Å²) in [6.07, 6.45) is 1.78. The molecule has 1 aliphatic heterocycles. The molecule has 3 N–H and O–H groups in total. The van der Waals surface area contributed by atoms with E-state index in [4.69, 9.17) is 5.73 Å². The molecule has 1 aliphatic rings. The third-order valence-electron chi connectivity index (χ3n) is 3.67. The van der Waals surface area contributed by atoms with Crippen molar-refractivity contribution in [3.63, 3.8) is 0 Å². The molecule has 0 bridgehead atoms. The van der Waals surface area contributed by atoms with Crippen LogP contribution in [0.4, 0.5) is 10.5 Å². The van der Waals surface area contributed by atoms with Gasteiger partial charge in [-0.3, -0.25) is 4.79 Å². The Labute approximate surface area is 124 Å². The Kier molecular flexibility index (Phi) is 4.67. The number of nitrogens with zero attached hydrogens (tertiary/aromatic N) is 2. The van der Waals surface area contributed by atoms with Crippen LogP contribution in [0.2, 0.25) is 0 Å². The number of carbonyl (C=O) groups excluding carboxylic acids is 2. The molecule has 1 saturated heterocycles. The summed E-state index contributed by atoms with van der Waals surface area (Å²) < 4.78 is 0. The number of carbonyl (C=O) groups is 2. The predicted molar refractivity (Wildman–Crippen MR) is 82.3 cm³/mol. The average molecular weight is 290 g/mol. The van der Waals surface area contributed by atoms with Gasteiger partial charge in [-0.25, -0.2) is 4.79 Å². The fraction of sp³-hybridized carbons (Fsp3) is 0.467. The van der Waals surface area contributed by atoms with E-state index in [9.17, 15) is 9.59 Å². The molecule has 2 rings (SSSR count). The zero-order chi connectivity index (χ0) is 15.4. The number of urea groups is 1. The number of likely N-dealkylation sites (tertiary alicyclic amines) is 1. The minimum absolute atomic E-state index is 0.0594. The highest BCUT2D eigenvalue weighted by molar-refractivity contribution is 5.93. The van der Waals surface area contributed by atoms with E-state index < -0.39 is 5.91 Å². The fourth-order valence-electron chi connectivity index (χ4n) is 2.50. The molecule has 1 heterocycles. The summed E-state index contributed by atoms with van der Waals surface area (Å²) in [5, 5.41) is 3.41. The number of hydrogen-bond acceptors (Lipinski definition) is 3. The third-order valence-corrected chi connectivity index (χ3v) is 3.67. The van der Waals surface area contributed by atoms with Crippen LogP contribution in [-0.4, -0.2) is 55.0 Å². The summed E-state index contributed by atoms with van der Waals surface area (Å²) in [6.45, 7) is 1.48. The highest BCUT2D eigenvalue weighted by Crippen LogP contribution is 2.18. The third kappa shape index (κ3) is 3.87. The highest BCUT2D eigenvalue weighted by atomic mass is 16.2. The molecule has 0 atom stereocenters. The second-order valence-corrected chi connectivity index (χ2v) is 5.53. The normalized spacial score (nSPS) is 15.6. The molecule has 3 amide bonds. The Morgan fingerprint density at radius 3 is 2.52 bits per heavy atom. The molecular formula is C15H22N4O2. The molecule has 0 radical (unpaired) electrons. The predicted octanol–water partition coefficient (Wildman–Crippen LogP) is 1.34. The van der Waals surface area contributed by atoms with Crippen molar-refractivity contribution in [3.8, 4) is 0 Å². The lowest BCUT2D eigenvalue weighted by atomic mass is 10.0. The van der Waals surface area contributed by atoms with E-state index in [2.05, 4.69) is 5.32 Å². The van der Waals surface area contributed by atoms with Gasteiger partial charge in [0.1, 0.15) is 0 Å². The zero-order valence-electron chi connectivity index (χ0n) is 12.5. The maximum Gasteiger partial charge on any atom is 0.319 e. The van der Waals surface area contributed by atoms with Crippen LogP contribution < -0.4 is 11.1 Å². The van der Waals surface area contributed by atoms with Gasteiger partial charge in [0, 0.05) is 44.5 Å². The summed E-state index contributed by atoms with van der Waals surface area (Å²) in [7, 11) is 3.53. The molecule has 0 unspecified atom stereocenters. The van der Waals surface area contributed by atoms with Gasteiger partial charge < -0.3 is 20.9 Å². The summed E-state index contributed by atoms with van der Waals surface area (Å²) in [5.74, 6) is -0.426. The first kappa shape index (κ1) is 15.2. The maximum absolute atomic E-state index is 11.9. The van der Waals surface area contributed by atoms with E-state index in [1.165, 1.54) is 0 Å². The van der Waals surface area contributed by atoms with Gasteiger partial charge in [-0.05, 0) is 31.0 Å². The zero-order valence-corrected chi connectivity index (χ0v) is 12.5. The van der Waals surface area contributed by atoms with Crippen molar-refractivity contribution in [2.24, 2.45) is 5.73 Å². The molecule has 0 spiro atoms. The Hall–Kier alpha value is -2.24. The lowest BCUT2D eigenvalue weighted by Gasteiger charge is -2.34. The number of nitrogens with two attached hydrogens (primary N) is 1. The first-order valence-corrected chi connectivity index (χ1v) is 7.10. The summed E-state index contributed by atoms with van der Waals surface area (Å²) in [6, 6.07) is 7.56. The van der Waals surface area contributed by atoms with Crippen molar-refractivity contribution in [1.29, 1.82) is 0 Å². The quantitative estimate of drug-likeness (QED) is 0.882. The van der Waals surface area contributed by atoms with Gasteiger partial charge in [-0.2, -0.15) is 0 Å². The summed E-state index contributed by atoms with van der Waals surface area (Å²) in [5.41, 5.74) is 6.67. The van der Waals surface area contributed by atoms with E-state index in [0.29, 0.717) is 11.6 Å². The second-order valence-electron chi connectivity index (χ2n) is 5.53.